The van der Waals surface area contributed by atoms with Gasteiger partial charge in [0.25, 0.3) is 0 Å². The van der Waals surface area contributed by atoms with Crippen molar-refractivity contribution >= 4 is 5.97 Å². The van der Waals surface area contributed by atoms with Crippen LogP contribution in [0.25, 0.3) is 0 Å². The number of carbonyl (C=O) groups is 1. The lowest BCUT2D eigenvalue weighted by atomic mass is 10.2. The van der Waals surface area contributed by atoms with Gasteiger partial charge >= 0.3 is 5.97 Å². The van der Waals surface area contributed by atoms with Gasteiger partial charge in [-0.25, -0.2) is 0 Å². The molecule has 0 aliphatic rings. The summed E-state index contributed by atoms with van der Waals surface area (Å²) in [4.78, 5) is 15.4. The van der Waals surface area contributed by atoms with Crippen LogP contribution in [0.4, 0.5) is 0 Å². The number of carboxylic acids is 1. The Balaban J connectivity index is 2.20. The number of aromatic amines is 1. The van der Waals surface area contributed by atoms with E-state index < -0.39 is 12.1 Å². The Morgan fingerprint density at radius 2 is 2.38 bits per heavy atom. The van der Waals surface area contributed by atoms with Gasteiger partial charge in [-0.2, -0.15) is 0 Å². The second-order valence-electron chi connectivity index (χ2n) is 3.96. The molecule has 0 radical (unpaired) electrons. The van der Waals surface area contributed by atoms with Crippen LogP contribution >= 0.6 is 0 Å². The quantitative estimate of drug-likeness (QED) is 0.626. The number of nitrogens with zero attached hydrogens (tertiary/aromatic N) is 1. The van der Waals surface area contributed by atoms with Crippen molar-refractivity contribution in [1.82, 2.24) is 9.88 Å². The molecule has 3 N–H and O–H groups in total. The maximum atomic E-state index is 10.4. The zero-order valence-corrected chi connectivity index (χ0v) is 9.39. The predicted octanol–water partition coefficient (Wildman–Crippen LogP) is 0.325. The summed E-state index contributed by atoms with van der Waals surface area (Å²) in [5.74, 6) is -0.967. The molecule has 0 amide bonds. The van der Waals surface area contributed by atoms with Gasteiger partial charge in [0.1, 0.15) is 0 Å². The normalized spacial score (nSPS) is 12.9. The molecule has 5 nitrogen and oxygen atoms in total. The van der Waals surface area contributed by atoms with E-state index in [2.05, 4.69) is 4.98 Å². The van der Waals surface area contributed by atoms with Crippen LogP contribution in [0.2, 0.25) is 0 Å². The Hall–Kier alpha value is -1.33. The zero-order valence-electron chi connectivity index (χ0n) is 9.39. The maximum absolute atomic E-state index is 10.4. The van der Waals surface area contributed by atoms with E-state index in [1.54, 1.807) is 0 Å². The van der Waals surface area contributed by atoms with Crippen molar-refractivity contribution in [3.63, 3.8) is 0 Å². The first-order chi connectivity index (χ1) is 7.58. The maximum Gasteiger partial charge on any atom is 0.306 e. The molecule has 1 heterocycles. The molecule has 90 valence electrons. The van der Waals surface area contributed by atoms with Gasteiger partial charge in [-0.1, -0.05) is 0 Å². The summed E-state index contributed by atoms with van der Waals surface area (Å²) in [5, 5.41) is 17.9. The van der Waals surface area contributed by atoms with Gasteiger partial charge in [-0.3, -0.25) is 4.79 Å². The Labute approximate surface area is 94.7 Å². The number of likely N-dealkylation sites (N-methyl/N-ethyl adjacent to an activating group) is 1. The standard InChI is InChI=1S/C11H18N2O3/c1-13(8-10(14)7-11(15)16)6-4-9-3-2-5-12-9/h2-3,5,10,12,14H,4,6-8H2,1H3,(H,15,16). The molecule has 1 aromatic heterocycles. The van der Waals surface area contributed by atoms with E-state index in [9.17, 15) is 9.90 Å². The summed E-state index contributed by atoms with van der Waals surface area (Å²) in [6.07, 6.45) is 1.73. The summed E-state index contributed by atoms with van der Waals surface area (Å²) in [5.41, 5.74) is 1.14. The van der Waals surface area contributed by atoms with Crippen molar-refractivity contribution in [2.75, 3.05) is 20.1 Å². The van der Waals surface area contributed by atoms with Gasteiger partial charge in [0.2, 0.25) is 0 Å². The summed E-state index contributed by atoms with van der Waals surface area (Å²) in [6.45, 7) is 1.17. The molecular weight excluding hydrogens is 208 g/mol. The van der Waals surface area contributed by atoms with Crippen LogP contribution in [0.15, 0.2) is 18.3 Å². The summed E-state index contributed by atoms with van der Waals surface area (Å²) in [7, 11) is 1.87. The van der Waals surface area contributed by atoms with Crippen molar-refractivity contribution in [3.05, 3.63) is 24.0 Å². The van der Waals surface area contributed by atoms with Crippen molar-refractivity contribution in [1.29, 1.82) is 0 Å². The lowest BCUT2D eigenvalue weighted by Gasteiger charge is -2.19. The number of aromatic nitrogens is 1. The van der Waals surface area contributed by atoms with Crippen LogP contribution in [0.1, 0.15) is 12.1 Å². The van der Waals surface area contributed by atoms with Gasteiger partial charge in [-0.15, -0.1) is 0 Å². The molecule has 5 heteroatoms. The topological polar surface area (TPSA) is 76.6 Å². The van der Waals surface area contributed by atoms with E-state index in [0.29, 0.717) is 6.54 Å². The lowest BCUT2D eigenvalue weighted by Crippen LogP contribution is -2.32. The molecule has 16 heavy (non-hydrogen) atoms. The van der Waals surface area contributed by atoms with Crippen LogP contribution in [0.3, 0.4) is 0 Å². The van der Waals surface area contributed by atoms with Crippen molar-refractivity contribution in [3.8, 4) is 0 Å². The highest BCUT2D eigenvalue weighted by Crippen LogP contribution is 1.99. The minimum Gasteiger partial charge on any atom is -0.481 e. The third-order valence-electron chi connectivity index (χ3n) is 2.36. The summed E-state index contributed by atoms with van der Waals surface area (Å²) >= 11 is 0. The monoisotopic (exact) mass is 226 g/mol. The van der Waals surface area contributed by atoms with Crippen molar-refractivity contribution in [2.24, 2.45) is 0 Å². The number of carboxylic acid groups (broad SMARTS) is 1. The molecule has 0 bridgehead atoms. The minimum atomic E-state index is -0.967. The minimum absolute atomic E-state index is 0.202. The molecule has 0 saturated heterocycles. The number of rotatable bonds is 7. The number of H-pyrrole nitrogens is 1. The van der Waals surface area contributed by atoms with Crippen LogP contribution < -0.4 is 0 Å². The number of aliphatic hydroxyl groups is 1. The van der Waals surface area contributed by atoms with Gasteiger partial charge in [0.05, 0.1) is 12.5 Å². The third-order valence-corrected chi connectivity index (χ3v) is 2.36. The summed E-state index contributed by atoms with van der Waals surface area (Å²) < 4.78 is 0. The van der Waals surface area contributed by atoms with Crippen LogP contribution in [-0.2, 0) is 11.2 Å². The molecule has 0 aliphatic heterocycles. The zero-order chi connectivity index (χ0) is 12.0. The highest BCUT2D eigenvalue weighted by Gasteiger charge is 2.11. The first-order valence-electron chi connectivity index (χ1n) is 5.28. The average molecular weight is 226 g/mol. The Bertz CT molecular complexity index is 311. The number of aliphatic hydroxyl groups excluding tert-OH is 1. The predicted molar refractivity (Wildman–Crippen MR) is 60.3 cm³/mol. The Morgan fingerprint density at radius 1 is 1.62 bits per heavy atom. The van der Waals surface area contributed by atoms with Crippen molar-refractivity contribution < 1.29 is 15.0 Å². The van der Waals surface area contributed by atoms with E-state index in [4.69, 9.17) is 5.11 Å². The van der Waals surface area contributed by atoms with E-state index in [-0.39, 0.29) is 6.42 Å². The van der Waals surface area contributed by atoms with E-state index >= 15 is 0 Å². The van der Waals surface area contributed by atoms with Gasteiger partial charge in [0.15, 0.2) is 0 Å². The largest absolute Gasteiger partial charge is 0.481 e. The molecule has 1 aromatic rings. The highest BCUT2D eigenvalue weighted by atomic mass is 16.4. The first-order valence-corrected chi connectivity index (χ1v) is 5.28. The fraction of sp³-hybridized carbons (Fsp3) is 0.545. The molecule has 0 aliphatic carbocycles. The van der Waals surface area contributed by atoms with Crippen LogP contribution in [-0.4, -0.2) is 52.3 Å². The van der Waals surface area contributed by atoms with E-state index in [1.165, 1.54) is 0 Å². The smallest absolute Gasteiger partial charge is 0.306 e. The Kier molecular flexibility index (Phi) is 5.01. The Morgan fingerprint density at radius 3 is 2.94 bits per heavy atom. The molecule has 1 atom stereocenters. The van der Waals surface area contributed by atoms with Gasteiger partial charge in [0, 0.05) is 31.4 Å². The second-order valence-corrected chi connectivity index (χ2v) is 3.96. The molecule has 0 spiro atoms. The number of hydrogen-bond acceptors (Lipinski definition) is 3. The lowest BCUT2D eigenvalue weighted by molar-refractivity contribution is -0.139. The molecule has 1 unspecified atom stereocenters. The van der Waals surface area contributed by atoms with Crippen LogP contribution in [0.5, 0.6) is 0 Å². The molecule has 0 aromatic carbocycles. The molecule has 0 fully saturated rings. The SMILES string of the molecule is CN(CCc1ccc[nH]1)CC(O)CC(=O)O. The number of aliphatic carboxylic acids is 1. The summed E-state index contributed by atoms with van der Waals surface area (Å²) in [6, 6.07) is 3.94. The van der Waals surface area contributed by atoms with Gasteiger partial charge in [-0.05, 0) is 19.2 Å². The van der Waals surface area contributed by atoms with E-state index in [0.717, 1.165) is 18.7 Å². The second kappa shape index (κ2) is 6.30. The fourth-order valence-corrected chi connectivity index (χ4v) is 1.55. The number of hydrogen-bond donors (Lipinski definition) is 3. The first kappa shape index (κ1) is 12.7. The highest BCUT2D eigenvalue weighted by molar-refractivity contribution is 5.67. The van der Waals surface area contributed by atoms with E-state index in [1.807, 2.05) is 30.3 Å². The number of nitrogens with one attached hydrogen (secondary N) is 1. The third kappa shape index (κ3) is 4.95. The molecule has 0 saturated carbocycles. The average Bonchev–Trinajstić information content (AvgIpc) is 2.65. The van der Waals surface area contributed by atoms with Crippen LogP contribution in [0, 0.1) is 0 Å². The molecular formula is C11H18N2O3. The van der Waals surface area contributed by atoms with Crippen molar-refractivity contribution in [2.45, 2.75) is 18.9 Å². The van der Waals surface area contributed by atoms with Gasteiger partial charge < -0.3 is 20.1 Å². The fourth-order valence-electron chi connectivity index (χ4n) is 1.55. The molecule has 1 rings (SSSR count).